The first-order valence-electron chi connectivity index (χ1n) is 11.3. The lowest BCUT2D eigenvalue weighted by atomic mass is 10.1. The fourth-order valence-electron chi connectivity index (χ4n) is 2.49. The summed E-state index contributed by atoms with van der Waals surface area (Å²) in [6, 6.07) is 7.33. The summed E-state index contributed by atoms with van der Waals surface area (Å²) < 4.78 is 5.64. The summed E-state index contributed by atoms with van der Waals surface area (Å²) in [5, 5.41) is 13.3. The Morgan fingerprint density at radius 2 is 1.35 bits per heavy atom. The molecule has 0 amide bonds. The van der Waals surface area contributed by atoms with E-state index < -0.39 is 6.10 Å². The van der Waals surface area contributed by atoms with Crippen LogP contribution in [0.5, 0.6) is 5.75 Å². The highest BCUT2D eigenvalue weighted by Gasteiger charge is 2.04. The summed E-state index contributed by atoms with van der Waals surface area (Å²) in [4.78, 5) is 0. The van der Waals surface area contributed by atoms with Crippen molar-refractivity contribution in [3.8, 4) is 88.6 Å². The van der Waals surface area contributed by atoms with E-state index in [1.54, 1.807) is 6.92 Å². The second kappa shape index (κ2) is 20.7. The number of rotatable bonds is 11. The third-order valence-electron chi connectivity index (χ3n) is 4.15. The summed E-state index contributed by atoms with van der Waals surface area (Å²) in [6.07, 6.45) is 5.66. The lowest BCUT2D eigenvalue weighted by Gasteiger charge is -2.13. The van der Waals surface area contributed by atoms with E-state index in [0.717, 1.165) is 18.5 Å². The Bertz CT molecular complexity index is 1210. The first kappa shape index (κ1) is 27.9. The van der Waals surface area contributed by atoms with E-state index in [1.807, 2.05) is 24.3 Å². The summed E-state index contributed by atoms with van der Waals surface area (Å²) >= 11 is 0. The van der Waals surface area contributed by atoms with Gasteiger partial charge in [0.15, 0.2) is 0 Å². The SMILES string of the molecule is CC#CC#CC#CC#CC#CC#CC#Cc1ccc(OCC(O)CNCCCCCCC)cc1.[HH].[HH].[HH].[HH].[HH].[HH].[HH].[HH].[HH].[HH].[HH].[HH]. The maximum Gasteiger partial charge on any atom is 0.119 e. The molecule has 0 aromatic heterocycles. The van der Waals surface area contributed by atoms with Gasteiger partial charge in [-0.3, -0.25) is 0 Å². The van der Waals surface area contributed by atoms with Gasteiger partial charge in [-0.25, -0.2) is 0 Å². The molecule has 194 valence electrons. The number of unbranched alkanes of at least 4 members (excludes halogenated alkanes) is 4. The predicted octanol–water partition coefficient (Wildman–Crippen LogP) is 6.33. The molecule has 1 aromatic rings. The number of aliphatic hydroxyl groups excluding tert-OH is 1. The maximum absolute atomic E-state index is 10.0. The van der Waals surface area contributed by atoms with Crippen molar-refractivity contribution < 1.29 is 27.0 Å². The van der Waals surface area contributed by atoms with Gasteiger partial charge in [-0.1, -0.05) is 44.4 Å². The maximum atomic E-state index is 10.0. The molecule has 0 bridgehead atoms. The van der Waals surface area contributed by atoms with Crippen LogP contribution in [0, 0.1) is 82.9 Å². The molecule has 0 saturated carbocycles. The van der Waals surface area contributed by atoms with Crippen LogP contribution in [0.1, 0.15) is 68.6 Å². The topological polar surface area (TPSA) is 41.5 Å². The van der Waals surface area contributed by atoms with Gasteiger partial charge in [-0.15, -0.1) is 0 Å². The van der Waals surface area contributed by atoms with Crippen LogP contribution < -0.4 is 10.1 Å². The molecule has 0 heterocycles. The minimum absolute atomic E-state index is 0. The highest BCUT2D eigenvalue weighted by atomic mass is 16.5. The minimum Gasteiger partial charge on any atom is -0.491 e. The molecule has 1 unspecified atom stereocenters. The van der Waals surface area contributed by atoms with Crippen LogP contribution in [-0.2, 0) is 0 Å². The molecule has 0 fully saturated rings. The molecule has 0 radical (unpaired) electrons. The Kier molecular flexibility index (Phi) is 17.0. The van der Waals surface area contributed by atoms with Crippen molar-refractivity contribution in [2.45, 2.75) is 52.1 Å². The predicted molar refractivity (Wildman–Crippen MR) is 164 cm³/mol. The van der Waals surface area contributed by atoms with Crippen molar-refractivity contribution in [2.75, 3.05) is 19.7 Å². The third-order valence-corrected chi connectivity index (χ3v) is 4.15. The van der Waals surface area contributed by atoms with Crippen LogP contribution in [-0.4, -0.2) is 30.9 Å². The molecule has 1 aromatic carbocycles. The van der Waals surface area contributed by atoms with Crippen molar-refractivity contribution in [3.05, 3.63) is 29.8 Å². The molecule has 1 rings (SSSR count). The van der Waals surface area contributed by atoms with Gasteiger partial charge >= 0.3 is 0 Å². The van der Waals surface area contributed by atoms with E-state index in [-0.39, 0.29) is 23.7 Å². The second-order valence-electron chi connectivity index (χ2n) is 6.98. The normalized spacial score (nSPS) is 8.91. The molecular formula is C31H53NO2. The standard InChI is InChI=1S/C31H29NO2.12H2/c1-3-5-7-9-10-11-12-13-14-15-16-17-19-21-29-22-24-31(25-23-29)34-28-30(33)27-32-26-20-18-8-6-4-2;;;;;;;;;;;;/h22-25,30,32-33H,4,6,8,18,20,26-28H2,1-2H3;12*1H. The molecule has 0 aliphatic heterocycles. The van der Waals surface area contributed by atoms with Crippen LogP contribution >= 0.6 is 0 Å². The van der Waals surface area contributed by atoms with Crippen LogP contribution in [0.3, 0.4) is 0 Å². The monoisotopic (exact) mass is 471 g/mol. The molecule has 1 atom stereocenters. The van der Waals surface area contributed by atoms with Crippen molar-refractivity contribution >= 4 is 0 Å². The molecule has 3 heteroatoms. The summed E-state index contributed by atoms with van der Waals surface area (Å²) in [5.41, 5.74) is 0.809. The van der Waals surface area contributed by atoms with Crippen LogP contribution in [0.2, 0.25) is 0 Å². The first-order chi connectivity index (χ1) is 16.8. The Labute approximate surface area is 223 Å². The minimum atomic E-state index is -0.544. The Hall–Kier alpha value is -4.14. The molecule has 0 aliphatic carbocycles. The van der Waals surface area contributed by atoms with Gasteiger partial charge in [0.2, 0.25) is 0 Å². The summed E-state index contributed by atoms with van der Waals surface area (Å²) in [7, 11) is 0. The third kappa shape index (κ3) is 16.5. The zero-order valence-electron chi connectivity index (χ0n) is 19.9. The largest absolute Gasteiger partial charge is 0.491 e. The lowest BCUT2D eigenvalue weighted by molar-refractivity contribution is 0.106. The number of nitrogens with one attached hydrogen (secondary N) is 1. The molecule has 34 heavy (non-hydrogen) atoms. The van der Waals surface area contributed by atoms with Crippen molar-refractivity contribution in [3.63, 3.8) is 0 Å². The fraction of sp³-hybridized carbons (Fsp3) is 0.355. The van der Waals surface area contributed by atoms with E-state index in [2.05, 4.69) is 95.1 Å². The zero-order valence-corrected chi connectivity index (χ0v) is 19.9. The van der Waals surface area contributed by atoms with E-state index >= 15 is 0 Å². The van der Waals surface area contributed by atoms with Crippen LogP contribution in [0.25, 0.3) is 0 Å². The van der Waals surface area contributed by atoms with Gasteiger partial charge in [-0.05, 0) is 115 Å². The Morgan fingerprint density at radius 1 is 0.794 bits per heavy atom. The average molecular weight is 472 g/mol. The smallest absolute Gasteiger partial charge is 0.119 e. The van der Waals surface area contributed by atoms with Crippen molar-refractivity contribution in [1.82, 2.24) is 5.32 Å². The molecule has 2 N–H and O–H groups in total. The molecular weight excluding hydrogens is 418 g/mol. The van der Waals surface area contributed by atoms with Crippen molar-refractivity contribution in [2.24, 2.45) is 0 Å². The lowest BCUT2D eigenvalue weighted by Crippen LogP contribution is -2.32. The quantitative estimate of drug-likeness (QED) is 0.293. The number of hydrogen-bond acceptors (Lipinski definition) is 3. The van der Waals surface area contributed by atoms with Gasteiger partial charge < -0.3 is 15.2 Å². The number of hydrogen-bond donors (Lipinski definition) is 2. The van der Waals surface area contributed by atoms with Gasteiger partial charge in [0.25, 0.3) is 0 Å². The molecule has 0 spiro atoms. The van der Waals surface area contributed by atoms with Crippen LogP contribution in [0.4, 0.5) is 0 Å². The van der Waals surface area contributed by atoms with E-state index in [4.69, 9.17) is 4.74 Å². The van der Waals surface area contributed by atoms with Crippen molar-refractivity contribution in [1.29, 1.82) is 0 Å². The van der Waals surface area contributed by atoms with E-state index in [9.17, 15) is 5.11 Å². The molecule has 0 saturated heterocycles. The summed E-state index contributed by atoms with van der Waals surface area (Å²) in [6.45, 7) is 5.62. The molecule has 0 aliphatic rings. The van der Waals surface area contributed by atoms with E-state index in [0.29, 0.717) is 12.3 Å². The van der Waals surface area contributed by atoms with Gasteiger partial charge in [0.05, 0.1) is 0 Å². The zero-order chi connectivity index (χ0) is 24.5. The summed E-state index contributed by atoms with van der Waals surface area (Å²) in [5.74, 6) is 37.3. The Balaban J connectivity index is -0.0000000963. The van der Waals surface area contributed by atoms with Gasteiger partial charge in [0, 0.05) is 29.2 Å². The number of ether oxygens (including phenoxy) is 1. The highest BCUT2D eigenvalue weighted by Crippen LogP contribution is 2.11. The molecule has 3 nitrogen and oxygen atoms in total. The van der Waals surface area contributed by atoms with E-state index in [1.165, 1.54) is 25.7 Å². The second-order valence-corrected chi connectivity index (χ2v) is 6.98. The fourth-order valence-corrected chi connectivity index (χ4v) is 2.49. The number of benzene rings is 1. The van der Waals surface area contributed by atoms with Gasteiger partial charge in [0.1, 0.15) is 18.5 Å². The number of aliphatic hydroxyl groups is 1. The average Bonchev–Trinajstić information content (AvgIpc) is 2.85. The first-order valence-corrected chi connectivity index (χ1v) is 11.3. The Morgan fingerprint density at radius 3 is 1.94 bits per heavy atom. The van der Waals surface area contributed by atoms with Gasteiger partial charge in [-0.2, -0.15) is 0 Å². The highest BCUT2D eigenvalue weighted by molar-refractivity contribution is 5.47. The van der Waals surface area contributed by atoms with Crippen LogP contribution in [0.15, 0.2) is 24.3 Å².